The summed E-state index contributed by atoms with van der Waals surface area (Å²) in [4.78, 5) is 17.7. The van der Waals surface area contributed by atoms with Gasteiger partial charge in [-0.25, -0.2) is 0 Å². The molecule has 1 fully saturated rings. The number of hydrogen-bond acceptors (Lipinski definition) is 2. The van der Waals surface area contributed by atoms with Gasteiger partial charge < -0.3 is 10.1 Å². The van der Waals surface area contributed by atoms with E-state index in [0.717, 1.165) is 43.6 Å². The number of aliphatic carboxylic acids is 1. The second-order valence-electron chi connectivity index (χ2n) is 6.44. The zero-order chi connectivity index (χ0) is 14.6. The smallest absolute Gasteiger partial charge is 0.308 e. The molecule has 4 nitrogen and oxygen atoms in total. The van der Waals surface area contributed by atoms with Crippen LogP contribution in [0.4, 0.5) is 0 Å². The van der Waals surface area contributed by atoms with Gasteiger partial charge in [0, 0.05) is 23.1 Å². The van der Waals surface area contributed by atoms with Gasteiger partial charge in [-0.3, -0.25) is 9.69 Å². The summed E-state index contributed by atoms with van der Waals surface area (Å²) in [6.07, 6.45) is 2.74. The number of H-pyrrole nitrogens is 1. The van der Waals surface area contributed by atoms with E-state index in [1.54, 1.807) is 0 Å². The average molecular weight is 284 g/mol. The predicted molar refractivity (Wildman–Crippen MR) is 81.3 cm³/mol. The van der Waals surface area contributed by atoms with Crippen LogP contribution in [0.25, 0.3) is 10.9 Å². The molecule has 1 aromatic carbocycles. The zero-order valence-corrected chi connectivity index (χ0v) is 12.2. The number of benzene rings is 1. The molecule has 2 aromatic rings. The molecule has 4 rings (SSSR count). The van der Waals surface area contributed by atoms with Crippen LogP contribution < -0.4 is 0 Å². The Bertz CT molecular complexity index is 721. The van der Waals surface area contributed by atoms with Crippen molar-refractivity contribution >= 4 is 16.9 Å². The van der Waals surface area contributed by atoms with Crippen molar-refractivity contribution in [2.75, 3.05) is 13.1 Å². The summed E-state index contributed by atoms with van der Waals surface area (Å²) in [5.41, 5.74) is 3.16. The molecule has 2 atom stereocenters. The summed E-state index contributed by atoms with van der Waals surface area (Å²) in [6.45, 7) is 4.06. The maximum absolute atomic E-state index is 11.8. The van der Waals surface area contributed by atoms with Crippen molar-refractivity contribution < 1.29 is 9.90 Å². The molecule has 0 unspecified atom stereocenters. The highest BCUT2D eigenvalue weighted by atomic mass is 16.4. The van der Waals surface area contributed by atoms with Crippen molar-refractivity contribution in [1.82, 2.24) is 9.88 Å². The monoisotopic (exact) mass is 284 g/mol. The van der Waals surface area contributed by atoms with Crippen LogP contribution in [0.2, 0.25) is 0 Å². The van der Waals surface area contributed by atoms with Gasteiger partial charge in [-0.05, 0) is 44.4 Å². The molecule has 1 aromatic heterocycles. The topological polar surface area (TPSA) is 56.3 Å². The van der Waals surface area contributed by atoms with Crippen LogP contribution in [0, 0.1) is 5.92 Å². The Hall–Kier alpha value is -1.81. The summed E-state index contributed by atoms with van der Waals surface area (Å²) in [5.74, 6) is -1.01. The highest BCUT2D eigenvalue weighted by Crippen LogP contribution is 2.47. The lowest BCUT2D eigenvalue weighted by atomic mass is 9.72. The van der Waals surface area contributed by atoms with Crippen LogP contribution in [0.1, 0.15) is 31.0 Å². The van der Waals surface area contributed by atoms with Gasteiger partial charge in [0.05, 0.1) is 11.5 Å². The van der Waals surface area contributed by atoms with Crippen molar-refractivity contribution in [3.63, 3.8) is 0 Å². The molecule has 0 bridgehead atoms. The molecule has 110 valence electrons. The number of nitrogens with one attached hydrogen (secondary N) is 1. The Morgan fingerprint density at radius 2 is 2.19 bits per heavy atom. The lowest BCUT2D eigenvalue weighted by molar-refractivity contribution is -0.152. The lowest BCUT2D eigenvalue weighted by Gasteiger charge is -2.51. The Kier molecular flexibility index (Phi) is 2.67. The van der Waals surface area contributed by atoms with E-state index in [2.05, 4.69) is 35.0 Å². The van der Waals surface area contributed by atoms with E-state index < -0.39 is 11.5 Å². The van der Waals surface area contributed by atoms with Crippen LogP contribution in [0.3, 0.4) is 0 Å². The molecule has 2 N–H and O–H groups in total. The van der Waals surface area contributed by atoms with Gasteiger partial charge in [-0.2, -0.15) is 0 Å². The summed E-state index contributed by atoms with van der Waals surface area (Å²) in [5, 5.41) is 11.0. The number of carbonyl (C=O) groups is 1. The van der Waals surface area contributed by atoms with E-state index >= 15 is 0 Å². The van der Waals surface area contributed by atoms with Gasteiger partial charge >= 0.3 is 5.97 Å². The number of nitrogens with zero attached hydrogens (tertiary/aromatic N) is 1. The second kappa shape index (κ2) is 4.34. The molecule has 21 heavy (non-hydrogen) atoms. The summed E-state index contributed by atoms with van der Waals surface area (Å²) < 4.78 is 0. The zero-order valence-electron chi connectivity index (χ0n) is 12.2. The third-order valence-electron chi connectivity index (χ3n) is 5.51. The first-order chi connectivity index (χ1) is 10.1. The van der Waals surface area contributed by atoms with Crippen molar-refractivity contribution in [3.05, 3.63) is 35.5 Å². The van der Waals surface area contributed by atoms with Crippen LogP contribution >= 0.6 is 0 Å². The molecule has 0 spiro atoms. The van der Waals surface area contributed by atoms with Crippen molar-refractivity contribution in [1.29, 1.82) is 0 Å². The average Bonchev–Trinajstić information content (AvgIpc) is 2.86. The third kappa shape index (κ3) is 1.62. The lowest BCUT2D eigenvalue weighted by Crippen LogP contribution is -2.58. The number of carboxylic acid groups (broad SMARTS) is 1. The largest absolute Gasteiger partial charge is 0.481 e. The fraction of sp³-hybridized carbons (Fsp3) is 0.471. The highest BCUT2D eigenvalue weighted by Gasteiger charge is 2.51. The van der Waals surface area contributed by atoms with Crippen molar-refractivity contribution in [2.24, 2.45) is 5.92 Å². The molecule has 3 heterocycles. The molecule has 1 saturated heterocycles. The number of rotatable bonds is 1. The Morgan fingerprint density at radius 3 is 3.00 bits per heavy atom. The molecule has 2 aliphatic rings. The van der Waals surface area contributed by atoms with E-state index in [0.29, 0.717) is 0 Å². The van der Waals surface area contributed by atoms with E-state index in [1.165, 1.54) is 10.9 Å². The number of carboxylic acids is 1. The number of para-hydroxylation sites is 1. The Balaban J connectivity index is 1.96. The molecule has 0 saturated carbocycles. The van der Waals surface area contributed by atoms with Crippen molar-refractivity contribution in [3.8, 4) is 0 Å². The highest BCUT2D eigenvalue weighted by molar-refractivity contribution is 5.86. The number of hydrogen-bond donors (Lipinski definition) is 2. The van der Waals surface area contributed by atoms with Crippen LogP contribution in [0.5, 0.6) is 0 Å². The Morgan fingerprint density at radius 1 is 1.38 bits per heavy atom. The van der Waals surface area contributed by atoms with E-state index in [4.69, 9.17) is 0 Å². The van der Waals surface area contributed by atoms with Gasteiger partial charge in [-0.15, -0.1) is 0 Å². The first kappa shape index (κ1) is 12.9. The minimum atomic E-state index is -0.672. The second-order valence-corrected chi connectivity index (χ2v) is 6.44. The van der Waals surface area contributed by atoms with Crippen molar-refractivity contribution in [2.45, 2.75) is 31.7 Å². The number of aromatic nitrogens is 1. The summed E-state index contributed by atoms with van der Waals surface area (Å²) in [7, 11) is 0. The number of aromatic amines is 1. The maximum Gasteiger partial charge on any atom is 0.308 e. The molecule has 0 amide bonds. The van der Waals surface area contributed by atoms with Gasteiger partial charge in [0.1, 0.15) is 0 Å². The molecular formula is C17H20N2O2. The maximum atomic E-state index is 11.8. The van der Waals surface area contributed by atoms with E-state index in [9.17, 15) is 9.90 Å². The number of piperidine rings is 1. The summed E-state index contributed by atoms with van der Waals surface area (Å²) >= 11 is 0. The Labute approximate surface area is 123 Å². The van der Waals surface area contributed by atoms with Crippen LogP contribution in [0.15, 0.2) is 24.3 Å². The van der Waals surface area contributed by atoms with Crippen LogP contribution in [-0.4, -0.2) is 34.0 Å². The summed E-state index contributed by atoms with van der Waals surface area (Å²) in [6, 6.07) is 8.31. The fourth-order valence-electron chi connectivity index (χ4n) is 4.40. The van der Waals surface area contributed by atoms with Crippen LogP contribution in [-0.2, 0) is 16.8 Å². The van der Waals surface area contributed by atoms with Gasteiger partial charge in [-0.1, -0.05) is 18.2 Å². The van der Waals surface area contributed by atoms with Gasteiger partial charge in [0.15, 0.2) is 0 Å². The first-order valence-electron chi connectivity index (χ1n) is 7.70. The number of fused-ring (bicyclic) bond motifs is 5. The van der Waals surface area contributed by atoms with E-state index in [-0.39, 0.29) is 5.92 Å². The molecular weight excluding hydrogens is 264 g/mol. The first-order valence-corrected chi connectivity index (χ1v) is 7.70. The normalized spacial score (nSPS) is 29.1. The SMILES string of the molecule is C[C@]12c3[nH]c4ccccc4c3CCN1CCC[C@@H]2C(=O)O. The molecule has 0 aliphatic carbocycles. The van der Waals surface area contributed by atoms with E-state index in [1.807, 2.05) is 6.07 Å². The molecule has 0 radical (unpaired) electrons. The standard InChI is InChI=1S/C17H20N2O2/c1-17-13(16(20)21)6-4-9-19(17)10-8-12-11-5-2-3-7-14(11)18-15(12)17/h2-3,5,7,13,18H,4,6,8-10H2,1H3,(H,20,21)/t13-,17+/m1/s1. The van der Waals surface area contributed by atoms with Gasteiger partial charge in [0.25, 0.3) is 0 Å². The quantitative estimate of drug-likeness (QED) is 0.846. The predicted octanol–water partition coefficient (Wildman–Crippen LogP) is 2.74. The van der Waals surface area contributed by atoms with Gasteiger partial charge in [0.2, 0.25) is 0 Å². The fourth-order valence-corrected chi connectivity index (χ4v) is 4.40. The minimum Gasteiger partial charge on any atom is -0.481 e. The third-order valence-corrected chi connectivity index (χ3v) is 5.51. The molecule has 2 aliphatic heterocycles. The molecule has 4 heteroatoms. The minimum absolute atomic E-state index is 0.335.